The van der Waals surface area contributed by atoms with Gasteiger partial charge in [-0.25, -0.2) is 4.68 Å². The summed E-state index contributed by atoms with van der Waals surface area (Å²) in [6, 6.07) is 0.324. The second-order valence-electron chi connectivity index (χ2n) is 2.93. The maximum atomic E-state index is 5.57. The summed E-state index contributed by atoms with van der Waals surface area (Å²) in [5, 5.41) is 11.4. The molecular weight excluding hydrogens is 176 g/mol. The van der Waals surface area contributed by atoms with Crippen molar-refractivity contribution in [3.63, 3.8) is 0 Å². The zero-order valence-corrected chi connectivity index (χ0v) is 8.12. The van der Waals surface area contributed by atoms with Crippen LogP contribution in [0.4, 0.5) is 0 Å². The first-order valence-electron chi connectivity index (χ1n) is 4.08. The molecule has 0 bridgehead atoms. The number of rotatable bonds is 4. The molecule has 1 aromatic heterocycles. The topological polar surface area (TPSA) is 43.6 Å². The standard InChI is InChI=1S/C7H13ClN4/c1-6(2)12-7(4-3-5-8)9-10-11-12/h6H,3-5H2,1-2H3. The van der Waals surface area contributed by atoms with Crippen molar-refractivity contribution < 1.29 is 0 Å². The Labute approximate surface area is 76.9 Å². The summed E-state index contributed by atoms with van der Waals surface area (Å²) in [7, 11) is 0. The lowest BCUT2D eigenvalue weighted by Crippen LogP contribution is -2.08. The van der Waals surface area contributed by atoms with Crippen molar-refractivity contribution in [1.82, 2.24) is 20.2 Å². The van der Waals surface area contributed by atoms with Crippen LogP contribution in [0.5, 0.6) is 0 Å². The van der Waals surface area contributed by atoms with Gasteiger partial charge < -0.3 is 0 Å². The first kappa shape index (κ1) is 9.45. The number of halogens is 1. The van der Waals surface area contributed by atoms with Crippen LogP contribution >= 0.6 is 11.6 Å². The molecule has 1 rings (SSSR count). The zero-order chi connectivity index (χ0) is 8.97. The molecule has 0 N–H and O–H groups in total. The van der Waals surface area contributed by atoms with Crippen molar-refractivity contribution in [1.29, 1.82) is 0 Å². The molecule has 12 heavy (non-hydrogen) atoms. The van der Waals surface area contributed by atoms with E-state index >= 15 is 0 Å². The van der Waals surface area contributed by atoms with E-state index in [4.69, 9.17) is 11.6 Å². The summed E-state index contributed by atoms with van der Waals surface area (Å²) in [5.74, 6) is 1.58. The van der Waals surface area contributed by atoms with Gasteiger partial charge in [-0.2, -0.15) is 0 Å². The molecule has 68 valence electrons. The van der Waals surface area contributed by atoms with Crippen LogP contribution in [0.1, 0.15) is 32.1 Å². The van der Waals surface area contributed by atoms with Crippen LogP contribution in [0.15, 0.2) is 0 Å². The van der Waals surface area contributed by atoms with Crippen LogP contribution in [0.25, 0.3) is 0 Å². The van der Waals surface area contributed by atoms with E-state index < -0.39 is 0 Å². The Kier molecular flexibility index (Phi) is 3.47. The van der Waals surface area contributed by atoms with Crippen molar-refractivity contribution >= 4 is 11.6 Å². The number of nitrogens with zero attached hydrogens (tertiary/aromatic N) is 4. The molecular formula is C7H13ClN4. The van der Waals surface area contributed by atoms with Crippen molar-refractivity contribution in [2.45, 2.75) is 32.7 Å². The van der Waals surface area contributed by atoms with Gasteiger partial charge in [-0.15, -0.1) is 16.7 Å². The molecule has 0 saturated carbocycles. The lowest BCUT2D eigenvalue weighted by molar-refractivity contribution is 0.492. The molecule has 0 aliphatic heterocycles. The average molecular weight is 189 g/mol. The summed E-state index contributed by atoms with van der Waals surface area (Å²) in [5.41, 5.74) is 0. The highest BCUT2D eigenvalue weighted by Gasteiger charge is 2.07. The number of tetrazole rings is 1. The monoisotopic (exact) mass is 188 g/mol. The highest BCUT2D eigenvalue weighted by Crippen LogP contribution is 2.05. The molecule has 0 fully saturated rings. The fourth-order valence-electron chi connectivity index (χ4n) is 1.00. The minimum atomic E-state index is 0.324. The molecule has 0 amide bonds. The second-order valence-corrected chi connectivity index (χ2v) is 3.30. The number of aromatic nitrogens is 4. The maximum absolute atomic E-state index is 5.57. The Bertz CT molecular complexity index is 233. The van der Waals surface area contributed by atoms with Gasteiger partial charge >= 0.3 is 0 Å². The molecule has 0 saturated heterocycles. The van der Waals surface area contributed by atoms with Crippen molar-refractivity contribution in [2.24, 2.45) is 0 Å². The number of hydrogen-bond donors (Lipinski definition) is 0. The maximum Gasteiger partial charge on any atom is 0.151 e. The van der Waals surface area contributed by atoms with Gasteiger partial charge in [0, 0.05) is 12.3 Å². The van der Waals surface area contributed by atoms with Crippen LogP contribution < -0.4 is 0 Å². The lowest BCUT2D eigenvalue weighted by Gasteiger charge is -2.06. The predicted octanol–water partition coefficient (Wildman–Crippen LogP) is 1.43. The minimum Gasteiger partial charge on any atom is -0.227 e. The Morgan fingerprint density at radius 2 is 2.25 bits per heavy atom. The van der Waals surface area contributed by atoms with E-state index in [1.807, 2.05) is 4.68 Å². The molecule has 0 aliphatic rings. The zero-order valence-electron chi connectivity index (χ0n) is 7.37. The van der Waals surface area contributed by atoms with Gasteiger partial charge in [0.15, 0.2) is 5.82 Å². The number of aryl methyl sites for hydroxylation is 1. The quantitative estimate of drug-likeness (QED) is 0.672. The van der Waals surface area contributed by atoms with Crippen molar-refractivity contribution in [2.75, 3.05) is 5.88 Å². The van der Waals surface area contributed by atoms with Crippen molar-refractivity contribution in [3.8, 4) is 0 Å². The van der Waals surface area contributed by atoms with Gasteiger partial charge in [0.05, 0.1) is 6.04 Å². The SMILES string of the molecule is CC(C)n1nnnc1CCCCl. The average Bonchev–Trinajstić information content (AvgIpc) is 2.48. The fraction of sp³-hybridized carbons (Fsp3) is 0.857. The third-order valence-corrected chi connectivity index (χ3v) is 1.85. The van der Waals surface area contributed by atoms with Crippen molar-refractivity contribution in [3.05, 3.63) is 5.82 Å². The van der Waals surface area contributed by atoms with Gasteiger partial charge in [-0.05, 0) is 30.7 Å². The minimum absolute atomic E-state index is 0.324. The number of alkyl halides is 1. The van der Waals surface area contributed by atoms with Crippen LogP contribution in [0.3, 0.4) is 0 Å². The van der Waals surface area contributed by atoms with Crippen LogP contribution in [0, 0.1) is 0 Å². The Balaban J connectivity index is 2.64. The van der Waals surface area contributed by atoms with E-state index in [0.29, 0.717) is 11.9 Å². The molecule has 5 heteroatoms. The molecule has 0 unspecified atom stereocenters. The highest BCUT2D eigenvalue weighted by molar-refractivity contribution is 6.17. The molecule has 0 aromatic carbocycles. The Morgan fingerprint density at radius 1 is 1.50 bits per heavy atom. The smallest absolute Gasteiger partial charge is 0.151 e. The third-order valence-electron chi connectivity index (χ3n) is 1.58. The molecule has 0 atom stereocenters. The van der Waals surface area contributed by atoms with Crippen LogP contribution in [0.2, 0.25) is 0 Å². The van der Waals surface area contributed by atoms with E-state index in [1.165, 1.54) is 0 Å². The third kappa shape index (κ3) is 2.17. The molecule has 0 aliphatic carbocycles. The summed E-state index contributed by atoms with van der Waals surface area (Å²) < 4.78 is 1.83. The van der Waals surface area contributed by atoms with E-state index in [0.717, 1.165) is 18.7 Å². The predicted molar refractivity (Wildman–Crippen MR) is 47.2 cm³/mol. The summed E-state index contributed by atoms with van der Waals surface area (Å²) >= 11 is 5.57. The van der Waals surface area contributed by atoms with Gasteiger partial charge in [-0.3, -0.25) is 0 Å². The lowest BCUT2D eigenvalue weighted by atomic mass is 10.3. The van der Waals surface area contributed by atoms with E-state index in [-0.39, 0.29) is 0 Å². The first-order valence-corrected chi connectivity index (χ1v) is 4.62. The largest absolute Gasteiger partial charge is 0.227 e. The normalized spacial score (nSPS) is 11.0. The summed E-state index contributed by atoms with van der Waals surface area (Å²) in [6.07, 6.45) is 1.78. The van der Waals surface area contributed by atoms with Gasteiger partial charge in [-0.1, -0.05) is 0 Å². The van der Waals surface area contributed by atoms with E-state index in [2.05, 4.69) is 29.4 Å². The Hall–Kier alpha value is -0.640. The van der Waals surface area contributed by atoms with E-state index in [9.17, 15) is 0 Å². The summed E-state index contributed by atoms with van der Waals surface area (Å²) in [6.45, 7) is 4.11. The van der Waals surface area contributed by atoms with E-state index in [1.54, 1.807) is 0 Å². The van der Waals surface area contributed by atoms with Gasteiger partial charge in [0.25, 0.3) is 0 Å². The highest BCUT2D eigenvalue weighted by atomic mass is 35.5. The molecule has 0 spiro atoms. The van der Waals surface area contributed by atoms with Gasteiger partial charge in [0.2, 0.25) is 0 Å². The summed E-state index contributed by atoms with van der Waals surface area (Å²) in [4.78, 5) is 0. The molecule has 0 radical (unpaired) electrons. The Morgan fingerprint density at radius 3 is 2.83 bits per heavy atom. The number of hydrogen-bond acceptors (Lipinski definition) is 3. The first-order chi connectivity index (χ1) is 5.75. The van der Waals surface area contributed by atoms with Crippen LogP contribution in [-0.4, -0.2) is 26.1 Å². The molecule has 1 heterocycles. The molecule has 1 aromatic rings. The fourth-order valence-corrected chi connectivity index (χ4v) is 1.14. The second kappa shape index (κ2) is 4.40. The molecule has 4 nitrogen and oxygen atoms in total. The van der Waals surface area contributed by atoms with Crippen LogP contribution in [-0.2, 0) is 6.42 Å². The van der Waals surface area contributed by atoms with Gasteiger partial charge in [0.1, 0.15) is 0 Å².